The highest BCUT2D eigenvalue weighted by molar-refractivity contribution is 9.10. The molecule has 0 aliphatic heterocycles. The first-order valence-electron chi connectivity index (χ1n) is 5.91. The van der Waals surface area contributed by atoms with Crippen molar-refractivity contribution in [2.45, 2.75) is 24.8 Å². The monoisotopic (exact) mass is 358 g/mol. The molecule has 0 saturated heterocycles. The van der Waals surface area contributed by atoms with Crippen LogP contribution in [0.5, 0.6) is 0 Å². The van der Waals surface area contributed by atoms with Crippen LogP contribution in [0, 0.1) is 0 Å². The number of aromatic nitrogens is 2. The number of hydrogen-bond donors (Lipinski definition) is 2. The maximum atomic E-state index is 12.3. The van der Waals surface area contributed by atoms with Crippen LogP contribution < -0.4 is 10.5 Å². The Kier molecular flexibility index (Phi) is 4.05. The zero-order valence-electron chi connectivity index (χ0n) is 11.0. The van der Waals surface area contributed by atoms with Crippen LogP contribution >= 0.6 is 15.9 Å². The highest BCUT2D eigenvalue weighted by Crippen LogP contribution is 2.26. The number of anilines is 2. The molecule has 1 heterocycles. The van der Waals surface area contributed by atoms with Gasteiger partial charge in [-0.2, -0.15) is 5.10 Å². The summed E-state index contributed by atoms with van der Waals surface area (Å²) < 4.78 is 29.2. The van der Waals surface area contributed by atoms with Gasteiger partial charge < -0.3 is 5.73 Å². The average molecular weight is 359 g/mol. The quantitative estimate of drug-likeness (QED) is 0.821. The van der Waals surface area contributed by atoms with E-state index in [1.807, 2.05) is 13.8 Å². The molecule has 0 atom stereocenters. The molecule has 2 aromatic rings. The Morgan fingerprint density at radius 3 is 2.70 bits per heavy atom. The number of halogens is 1. The summed E-state index contributed by atoms with van der Waals surface area (Å²) >= 11 is 3.21. The van der Waals surface area contributed by atoms with Crippen molar-refractivity contribution in [3.8, 4) is 0 Å². The zero-order chi connectivity index (χ0) is 14.9. The van der Waals surface area contributed by atoms with Gasteiger partial charge in [-0.15, -0.1) is 0 Å². The van der Waals surface area contributed by atoms with Crippen molar-refractivity contribution in [2.24, 2.45) is 0 Å². The molecule has 0 aliphatic rings. The molecule has 0 radical (unpaired) electrons. The predicted octanol–water partition coefficient (Wildman–Crippen LogP) is 2.61. The topological polar surface area (TPSA) is 90.0 Å². The fourth-order valence-corrected chi connectivity index (χ4v) is 3.64. The molecule has 2 rings (SSSR count). The van der Waals surface area contributed by atoms with E-state index < -0.39 is 10.0 Å². The normalized spacial score (nSPS) is 11.8. The Labute approximate surface area is 126 Å². The summed E-state index contributed by atoms with van der Waals surface area (Å²) in [6, 6.07) is 4.79. The summed E-state index contributed by atoms with van der Waals surface area (Å²) in [5.74, 6) is 0. The molecule has 0 unspecified atom stereocenters. The molecule has 108 valence electrons. The number of hydrogen-bond acceptors (Lipinski definition) is 4. The first-order chi connectivity index (χ1) is 9.29. The highest BCUT2D eigenvalue weighted by atomic mass is 79.9. The van der Waals surface area contributed by atoms with Crippen LogP contribution in [0.4, 0.5) is 11.4 Å². The van der Waals surface area contributed by atoms with E-state index in [4.69, 9.17) is 5.73 Å². The summed E-state index contributed by atoms with van der Waals surface area (Å²) in [7, 11) is -3.71. The summed E-state index contributed by atoms with van der Waals surface area (Å²) in [4.78, 5) is 0.0924. The summed E-state index contributed by atoms with van der Waals surface area (Å²) in [6.07, 6.45) is 3.11. The van der Waals surface area contributed by atoms with Gasteiger partial charge in [0.1, 0.15) is 4.90 Å². The molecule has 0 spiro atoms. The van der Waals surface area contributed by atoms with E-state index in [-0.39, 0.29) is 10.9 Å². The van der Waals surface area contributed by atoms with E-state index in [9.17, 15) is 8.42 Å². The maximum absolute atomic E-state index is 12.3. The number of rotatable bonds is 4. The van der Waals surface area contributed by atoms with Crippen LogP contribution in [0.15, 0.2) is 40.0 Å². The molecule has 3 N–H and O–H groups in total. The number of benzene rings is 1. The van der Waals surface area contributed by atoms with Gasteiger partial charge in [0.05, 0.1) is 11.9 Å². The van der Waals surface area contributed by atoms with Gasteiger partial charge in [-0.05, 0) is 48.0 Å². The number of nitrogens with one attached hydrogen (secondary N) is 1. The molecule has 8 heteroatoms. The zero-order valence-corrected chi connectivity index (χ0v) is 13.4. The van der Waals surface area contributed by atoms with Gasteiger partial charge in [0.15, 0.2) is 0 Å². The molecule has 0 saturated carbocycles. The fourth-order valence-electron chi connectivity index (χ4n) is 1.61. The van der Waals surface area contributed by atoms with Crippen LogP contribution in [-0.2, 0) is 10.0 Å². The van der Waals surface area contributed by atoms with Crippen molar-refractivity contribution in [3.05, 3.63) is 35.1 Å². The Morgan fingerprint density at radius 1 is 1.40 bits per heavy atom. The second kappa shape index (κ2) is 5.45. The lowest BCUT2D eigenvalue weighted by Gasteiger charge is -2.09. The molecule has 0 fully saturated rings. The van der Waals surface area contributed by atoms with Gasteiger partial charge in [-0.3, -0.25) is 9.40 Å². The predicted molar refractivity (Wildman–Crippen MR) is 82.0 cm³/mol. The lowest BCUT2D eigenvalue weighted by Crippen LogP contribution is -2.13. The van der Waals surface area contributed by atoms with Crippen molar-refractivity contribution in [1.82, 2.24) is 9.78 Å². The number of sulfonamides is 1. The minimum Gasteiger partial charge on any atom is -0.399 e. The van der Waals surface area contributed by atoms with E-state index in [1.54, 1.807) is 23.0 Å². The van der Waals surface area contributed by atoms with E-state index in [1.165, 1.54) is 12.3 Å². The third kappa shape index (κ3) is 3.13. The van der Waals surface area contributed by atoms with Crippen molar-refractivity contribution in [3.63, 3.8) is 0 Å². The first-order valence-corrected chi connectivity index (χ1v) is 8.19. The Hall–Kier alpha value is -1.54. The lowest BCUT2D eigenvalue weighted by molar-refractivity contribution is 0.532. The third-order valence-corrected chi connectivity index (χ3v) is 5.00. The van der Waals surface area contributed by atoms with E-state index in [0.717, 1.165) is 0 Å². The lowest BCUT2D eigenvalue weighted by atomic mass is 10.3. The molecule has 0 aliphatic carbocycles. The number of nitrogens with zero attached hydrogens (tertiary/aromatic N) is 2. The largest absolute Gasteiger partial charge is 0.399 e. The Morgan fingerprint density at radius 2 is 2.10 bits per heavy atom. The van der Waals surface area contributed by atoms with Crippen molar-refractivity contribution < 1.29 is 8.42 Å². The molecule has 0 amide bonds. The van der Waals surface area contributed by atoms with Crippen molar-refractivity contribution >= 4 is 37.3 Å². The van der Waals surface area contributed by atoms with E-state index in [0.29, 0.717) is 15.8 Å². The summed E-state index contributed by atoms with van der Waals surface area (Å²) in [5.41, 5.74) is 6.42. The number of nitrogens with two attached hydrogens (primary N) is 1. The van der Waals surface area contributed by atoms with Crippen LogP contribution in [0.1, 0.15) is 19.9 Å². The standard InChI is InChI=1S/C12H15BrN4O2S/c1-8(2)17-7-10(6-15-17)16-20(18,19)12-5-9(14)3-4-11(12)13/h3-8,16H,14H2,1-2H3. The molecule has 6 nitrogen and oxygen atoms in total. The van der Waals surface area contributed by atoms with Crippen LogP contribution in [0.2, 0.25) is 0 Å². The molecular formula is C12H15BrN4O2S. The second-order valence-corrected chi connectivity index (χ2v) is 7.10. The Balaban J connectivity index is 2.33. The van der Waals surface area contributed by atoms with Crippen LogP contribution in [0.3, 0.4) is 0 Å². The summed E-state index contributed by atoms with van der Waals surface area (Å²) in [6.45, 7) is 3.92. The molecular weight excluding hydrogens is 344 g/mol. The van der Waals surface area contributed by atoms with Crippen LogP contribution in [0.25, 0.3) is 0 Å². The SMILES string of the molecule is CC(C)n1cc(NS(=O)(=O)c2cc(N)ccc2Br)cn1. The van der Waals surface area contributed by atoms with Gasteiger partial charge in [-0.1, -0.05) is 0 Å². The number of nitrogen functional groups attached to an aromatic ring is 1. The van der Waals surface area contributed by atoms with Gasteiger partial charge in [-0.25, -0.2) is 8.42 Å². The fraction of sp³-hybridized carbons (Fsp3) is 0.250. The molecule has 1 aromatic heterocycles. The van der Waals surface area contributed by atoms with Gasteiger partial charge in [0.25, 0.3) is 10.0 Å². The van der Waals surface area contributed by atoms with E-state index in [2.05, 4.69) is 25.8 Å². The highest BCUT2D eigenvalue weighted by Gasteiger charge is 2.19. The van der Waals surface area contributed by atoms with E-state index >= 15 is 0 Å². The van der Waals surface area contributed by atoms with Gasteiger partial charge in [0.2, 0.25) is 0 Å². The van der Waals surface area contributed by atoms with Gasteiger partial charge >= 0.3 is 0 Å². The Bertz CT molecular complexity index is 725. The minimum absolute atomic E-state index is 0.0924. The second-order valence-electron chi connectivity index (χ2n) is 4.60. The van der Waals surface area contributed by atoms with Crippen molar-refractivity contribution in [2.75, 3.05) is 10.5 Å². The molecule has 20 heavy (non-hydrogen) atoms. The molecule has 1 aromatic carbocycles. The maximum Gasteiger partial charge on any atom is 0.263 e. The summed E-state index contributed by atoms with van der Waals surface area (Å²) in [5, 5.41) is 4.09. The average Bonchev–Trinajstić information content (AvgIpc) is 2.80. The minimum atomic E-state index is -3.71. The third-order valence-electron chi connectivity index (χ3n) is 2.63. The van der Waals surface area contributed by atoms with Crippen molar-refractivity contribution in [1.29, 1.82) is 0 Å². The van der Waals surface area contributed by atoms with Gasteiger partial charge in [0, 0.05) is 22.4 Å². The van der Waals surface area contributed by atoms with Crippen LogP contribution in [-0.4, -0.2) is 18.2 Å². The first kappa shape index (κ1) is 14.9. The smallest absolute Gasteiger partial charge is 0.263 e. The molecule has 0 bridgehead atoms.